The van der Waals surface area contributed by atoms with Crippen molar-refractivity contribution in [3.8, 4) is 11.1 Å². The first-order valence-corrected chi connectivity index (χ1v) is 8.23. The molecule has 3 aromatic rings. The molecule has 1 aliphatic carbocycles. The zero-order valence-electron chi connectivity index (χ0n) is 13.0. The molecule has 1 aromatic heterocycles. The average molecular weight is 304 g/mol. The van der Waals surface area contributed by atoms with Crippen molar-refractivity contribution >= 4 is 16.5 Å². The van der Waals surface area contributed by atoms with Crippen molar-refractivity contribution in [3.63, 3.8) is 0 Å². The predicted molar refractivity (Wildman–Crippen MR) is 93.9 cm³/mol. The van der Waals surface area contributed by atoms with E-state index in [2.05, 4.69) is 46.6 Å². The molecule has 2 N–H and O–H groups in total. The predicted octanol–water partition coefficient (Wildman–Crippen LogP) is 4.68. The highest BCUT2D eigenvalue weighted by atomic mass is 16.3. The average Bonchev–Trinajstić information content (AvgIpc) is 3.06. The summed E-state index contributed by atoms with van der Waals surface area (Å²) in [5.41, 5.74) is 6.74. The lowest BCUT2D eigenvalue weighted by molar-refractivity contribution is 0.278. The summed E-state index contributed by atoms with van der Waals surface area (Å²) in [6.45, 7) is -0.0536. The molecule has 0 saturated heterocycles. The minimum absolute atomic E-state index is 0.0536. The molecule has 4 rings (SSSR count). The smallest absolute Gasteiger partial charge is 0.0961 e. The molecule has 0 spiro atoms. The monoisotopic (exact) mass is 304 g/mol. The lowest BCUT2D eigenvalue weighted by atomic mass is 9.92. The van der Waals surface area contributed by atoms with Crippen LogP contribution in [0.4, 0.5) is 0 Å². The van der Waals surface area contributed by atoms with Crippen LogP contribution in [0.1, 0.15) is 36.9 Å². The first-order chi connectivity index (χ1) is 11.4. The Kier molecular flexibility index (Phi) is 3.72. The van der Waals surface area contributed by atoms with E-state index >= 15 is 0 Å². The largest absolute Gasteiger partial charge is 0.390 e. The standard InChI is InChI=1S/C20H20N2O/c23-13-19-20-17(7-4-8-18(20)21-22-19)16-11-9-15(10-12-16)14-5-2-1-3-6-14/h4-5,7-12,23H,1-3,6,13H2,(H,21,22). The topological polar surface area (TPSA) is 48.9 Å². The molecular weight excluding hydrogens is 284 g/mol. The van der Waals surface area contributed by atoms with Crippen LogP contribution in [-0.2, 0) is 6.61 Å². The number of aromatic amines is 1. The normalized spacial score (nSPS) is 14.9. The molecule has 1 aliphatic rings. The van der Waals surface area contributed by atoms with Gasteiger partial charge in [-0.3, -0.25) is 5.10 Å². The van der Waals surface area contributed by atoms with Crippen molar-refractivity contribution in [2.75, 3.05) is 0 Å². The second kappa shape index (κ2) is 6.01. The minimum Gasteiger partial charge on any atom is -0.390 e. The van der Waals surface area contributed by atoms with Crippen LogP contribution in [0.2, 0.25) is 0 Å². The van der Waals surface area contributed by atoms with Gasteiger partial charge < -0.3 is 5.11 Å². The molecule has 0 fully saturated rings. The Bertz CT molecular complexity index is 859. The molecule has 23 heavy (non-hydrogen) atoms. The van der Waals surface area contributed by atoms with Gasteiger partial charge in [-0.2, -0.15) is 5.10 Å². The van der Waals surface area contributed by atoms with Gasteiger partial charge in [-0.15, -0.1) is 0 Å². The fraction of sp³-hybridized carbons (Fsp3) is 0.250. The Morgan fingerprint density at radius 3 is 2.57 bits per heavy atom. The van der Waals surface area contributed by atoms with Gasteiger partial charge in [-0.05, 0) is 54.0 Å². The molecule has 1 heterocycles. The van der Waals surface area contributed by atoms with E-state index < -0.39 is 0 Å². The van der Waals surface area contributed by atoms with Crippen molar-refractivity contribution in [3.05, 3.63) is 59.8 Å². The summed E-state index contributed by atoms with van der Waals surface area (Å²) >= 11 is 0. The van der Waals surface area contributed by atoms with E-state index in [1.807, 2.05) is 12.1 Å². The number of rotatable bonds is 3. The summed E-state index contributed by atoms with van der Waals surface area (Å²) in [5.74, 6) is 0. The van der Waals surface area contributed by atoms with E-state index in [1.54, 1.807) is 0 Å². The van der Waals surface area contributed by atoms with Crippen LogP contribution in [0, 0.1) is 0 Å². The van der Waals surface area contributed by atoms with Gasteiger partial charge in [0.05, 0.1) is 17.8 Å². The van der Waals surface area contributed by atoms with Crippen LogP contribution in [0.3, 0.4) is 0 Å². The fourth-order valence-electron chi connectivity index (χ4n) is 3.46. The first kappa shape index (κ1) is 14.2. The Hall–Kier alpha value is -2.39. The zero-order valence-corrected chi connectivity index (χ0v) is 13.0. The van der Waals surface area contributed by atoms with Crippen molar-refractivity contribution < 1.29 is 5.11 Å². The molecule has 0 atom stereocenters. The number of nitrogens with zero attached hydrogens (tertiary/aromatic N) is 1. The van der Waals surface area contributed by atoms with Gasteiger partial charge in [0, 0.05) is 5.39 Å². The van der Waals surface area contributed by atoms with Gasteiger partial charge in [0.2, 0.25) is 0 Å². The lowest BCUT2D eigenvalue weighted by Gasteiger charge is -2.13. The fourth-order valence-corrected chi connectivity index (χ4v) is 3.46. The zero-order chi connectivity index (χ0) is 15.6. The second-order valence-corrected chi connectivity index (χ2v) is 6.11. The van der Waals surface area contributed by atoms with E-state index in [1.165, 1.54) is 36.8 Å². The van der Waals surface area contributed by atoms with Gasteiger partial charge in [0.15, 0.2) is 0 Å². The number of H-pyrrole nitrogens is 1. The first-order valence-electron chi connectivity index (χ1n) is 8.23. The van der Waals surface area contributed by atoms with Gasteiger partial charge in [0.25, 0.3) is 0 Å². The van der Waals surface area contributed by atoms with Gasteiger partial charge >= 0.3 is 0 Å². The highest BCUT2D eigenvalue weighted by molar-refractivity contribution is 5.96. The van der Waals surface area contributed by atoms with Crippen LogP contribution < -0.4 is 0 Å². The van der Waals surface area contributed by atoms with E-state index in [0.717, 1.165) is 22.0 Å². The Morgan fingerprint density at radius 2 is 1.83 bits per heavy atom. The second-order valence-electron chi connectivity index (χ2n) is 6.11. The van der Waals surface area contributed by atoms with Crippen molar-refractivity contribution in [2.24, 2.45) is 0 Å². The van der Waals surface area contributed by atoms with E-state index in [4.69, 9.17) is 0 Å². The van der Waals surface area contributed by atoms with Gasteiger partial charge in [-0.25, -0.2) is 0 Å². The van der Waals surface area contributed by atoms with Crippen molar-refractivity contribution in [2.45, 2.75) is 32.3 Å². The molecule has 0 bridgehead atoms. The van der Waals surface area contributed by atoms with Crippen LogP contribution in [-0.4, -0.2) is 15.3 Å². The summed E-state index contributed by atoms with van der Waals surface area (Å²) in [6.07, 6.45) is 7.37. The Balaban J connectivity index is 1.76. The highest BCUT2D eigenvalue weighted by Gasteiger charge is 2.12. The molecular formula is C20H20N2O. The van der Waals surface area contributed by atoms with Crippen LogP contribution >= 0.6 is 0 Å². The summed E-state index contributed by atoms with van der Waals surface area (Å²) in [5, 5.41) is 17.7. The molecule has 116 valence electrons. The maximum Gasteiger partial charge on any atom is 0.0961 e. The van der Waals surface area contributed by atoms with Crippen LogP contribution in [0.15, 0.2) is 48.5 Å². The SMILES string of the molecule is OCc1n[nH]c2cccc(-c3ccc(C4=CCCCC4)cc3)c12. The highest BCUT2D eigenvalue weighted by Crippen LogP contribution is 2.32. The Morgan fingerprint density at radius 1 is 1.00 bits per heavy atom. The number of aliphatic hydroxyl groups excluding tert-OH is 1. The third kappa shape index (κ3) is 2.57. The third-order valence-corrected chi connectivity index (χ3v) is 4.67. The summed E-state index contributed by atoms with van der Waals surface area (Å²) in [7, 11) is 0. The van der Waals surface area contributed by atoms with Crippen LogP contribution in [0.5, 0.6) is 0 Å². The molecule has 0 aliphatic heterocycles. The molecule has 2 aromatic carbocycles. The number of aliphatic hydroxyl groups is 1. The molecule has 0 radical (unpaired) electrons. The number of fused-ring (bicyclic) bond motifs is 1. The maximum absolute atomic E-state index is 9.52. The maximum atomic E-state index is 9.52. The molecule has 0 saturated carbocycles. The number of allylic oxidation sites excluding steroid dienone is 2. The number of aromatic nitrogens is 2. The number of hydrogen-bond acceptors (Lipinski definition) is 2. The number of hydrogen-bond donors (Lipinski definition) is 2. The Labute approximate surface area is 135 Å². The quantitative estimate of drug-likeness (QED) is 0.738. The molecule has 3 nitrogen and oxygen atoms in total. The van der Waals surface area contributed by atoms with Gasteiger partial charge in [-0.1, -0.05) is 42.5 Å². The number of nitrogens with one attached hydrogen (secondary N) is 1. The molecule has 0 unspecified atom stereocenters. The molecule has 3 heteroatoms. The van der Waals surface area contributed by atoms with E-state index in [9.17, 15) is 5.11 Å². The van der Waals surface area contributed by atoms with Gasteiger partial charge in [0.1, 0.15) is 0 Å². The van der Waals surface area contributed by atoms with Crippen molar-refractivity contribution in [1.29, 1.82) is 0 Å². The third-order valence-electron chi connectivity index (χ3n) is 4.67. The van der Waals surface area contributed by atoms with Crippen LogP contribution in [0.25, 0.3) is 27.6 Å². The van der Waals surface area contributed by atoms with E-state index in [-0.39, 0.29) is 6.61 Å². The lowest BCUT2D eigenvalue weighted by Crippen LogP contribution is -1.92. The van der Waals surface area contributed by atoms with Crippen molar-refractivity contribution in [1.82, 2.24) is 10.2 Å². The summed E-state index contributed by atoms with van der Waals surface area (Å²) < 4.78 is 0. The minimum atomic E-state index is -0.0536. The van der Waals surface area contributed by atoms with E-state index in [0.29, 0.717) is 5.69 Å². The summed E-state index contributed by atoms with van der Waals surface area (Å²) in [6, 6.07) is 14.9. The number of benzene rings is 2. The molecule has 0 amide bonds. The summed E-state index contributed by atoms with van der Waals surface area (Å²) in [4.78, 5) is 0.